The van der Waals surface area contributed by atoms with Gasteiger partial charge < -0.3 is 10.3 Å². The molecule has 0 aliphatic heterocycles. The Hall–Kier alpha value is -4.04. The molecule has 5 aromatic rings. The van der Waals surface area contributed by atoms with E-state index in [0.29, 0.717) is 33.2 Å². The number of nitrogens with two attached hydrogens (primary N) is 1. The Morgan fingerprint density at radius 1 is 1.12 bits per heavy atom. The van der Waals surface area contributed by atoms with Gasteiger partial charge in [0.25, 0.3) is 0 Å². The molecule has 4 aromatic heterocycles. The van der Waals surface area contributed by atoms with Gasteiger partial charge in [0.05, 0.1) is 22.8 Å². The van der Waals surface area contributed by atoms with E-state index in [1.807, 2.05) is 62.9 Å². The zero-order chi connectivity index (χ0) is 23.1. The van der Waals surface area contributed by atoms with Crippen molar-refractivity contribution in [2.75, 3.05) is 5.73 Å². The fraction of sp³-hybridized carbons (Fsp3) is 0.125. The lowest BCUT2D eigenvalue weighted by molar-refractivity contribution is 0.0968. The van der Waals surface area contributed by atoms with E-state index in [9.17, 15) is 4.79 Å². The number of halogens is 1. The predicted octanol–water partition coefficient (Wildman–Crippen LogP) is 4.32. The first kappa shape index (κ1) is 20.8. The van der Waals surface area contributed by atoms with Crippen molar-refractivity contribution in [2.45, 2.75) is 13.5 Å². The highest BCUT2D eigenvalue weighted by Crippen LogP contribution is 2.34. The Morgan fingerprint density at radius 3 is 2.70 bits per heavy atom. The summed E-state index contributed by atoms with van der Waals surface area (Å²) in [5, 5.41) is 5.79. The molecule has 9 heteroatoms. The summed E-state index contributed by atoms with van der Waals surface area (Å²) in [6, 6.07) is 11.2. The molecule has 0 aliphatic rings. The molecule has 4 heterocycles. The molecule has 0 saturated carbocycles. The van der Waals surface area contributed by atoms with Crippen LogP contribution < -0.4 is 5.73 Å². The fourth-order valence-corrected chi connectivity index (χ4v) is 4.03. The summed E-state index contributed by atoms with van der Waals surface area (Å²) < 4.78 is 3.46. The minimum Gasteiger partial charge on any atom is -0.382 e. The minimum absolute atomic E-state index is 0.0573. The maximum atomic E-state index is 13.1. The fourth-order valence-electron chi connectivity index (χ4n) is 3.76. The van der Waals surface area contributed by atoms with E-state index in [-0.39, 0.29) is 23.8 Å². The molecule has 5 rings (SSSR count). The van der Waals surface area contributed by atoms with Crippen molar-refractivity contribution in [3.8, 4) is 22.6 Å². The molecule has 2 N–H and O–H groups in total. The molecule has 0 bridgehead atoms. The van der Waals surface area contributed by atoms with Crippen LogP contribution in [0.4, 0.5) is 5.82 Å². The second kappa shape index (κ2) is 8.14. The Bertz CT molecular complexity index is 1520. The van der Waals surface area contributed by atoms with Crippen LogP contribution in [0.3, 0.4) is 0 Å². The molecule has 0 spiro atoms. The number of anilines is 1. The number of ketones is 1. The molecule has 0 atom stereocenters. The number of hydrogen-bond acceptors (Lipinski definition) is 6. The van der Waals surface area contributed by atoms with Gasteiger partial charge in [0.15, 0.2) is 11.5 Å². The number of pyridine rings is 1. The van der Waals surface area contributed by atoms with Gasteiger partial charge in [-0.3, -0.25) is 14.5 Å². The number of carbonyl (C=O) groups is 1. The van der Waals surface area contributed by atoms with Gasteiger partial charge in [-0.05, 0) is 42.8 Å². The van der Waals surface area contributed by atoms with Gasteiger partial charge in [0.2, 0.25) is 5.78 Å². The molecule has 0 fully saturated rings. The van der Waals surface area contributed by atoms with Gasteiger partial charge >= 0.3 is 0 Å². The highest BCUT2D eigenvalue weighted by atomic mass is 35.5. The molecule has 0 amide bonds. The quantitative estimate of drug-likeness (QED) is 0.394. The highest BCUT2D eigenvalue weighted by Gasteiger charge is 2.22. The second-order valence-corrected chi connectivity index (χ2v) is 8.25. The van der Waals surface area contributed by atoms with Crippen LogP contribution in [0.2, 0.25) is 5.02 Å². The van der Waals surface area contributed by atoms with Crippen molar-refractivity contribution in [1.82, 2.24) is 29.3 Å². The third-order valence-electron chi connectivity index (χ3n) is 5.30. The standard InChI is InChI=1S/C24H20ClN7O/c1-14-5-9-32(12-14)13-19(33)23-24(26)29-22(18-6-8-31(2)30-18)21(28-23)16-10-15-4-3-7-27-20(15)17(25)11-16/h3-12H,13H2,1-2H3,(H2,26,29). The molecular formula is C24H20ClN7O. The lowest BCUT2D eigenvalue weighted by Gasteiger charge is -2.13. The predicted molar refractivity (Wildman–Crippen MR) is 128 cm³/mol. The monoisotopic (exact) mass is 457 g/mol. The summed E-state index contributed by atoms with van der Waals surface area (Å²) >= 11 is 6.53. The van der Waals surface area contributed by atoms with Crippen molar-refractivity contribution >= 4 is 34.1 Å². The van der Waals surface area contributed by atoms with Gasteiger partial charge in [0.1, 0.15) is 11.4 Å². The van der Waals surface area contributed by atoms with Crippen LogP contribution in [-0.2, 0) is 13.6 Å². The normalized spacial score (nSPS) is 11.2. The van der Waals surface area contributed by atoms with Crippen molar-refractivity contribution in [1.29, 1.82) is 0 Å². The third-order valence-corrected chi connectivity index (χ3v) is 5.59. The number of benzene rings is 1. The first-order valence-electron chi connectivity index (χ1n) is 10.3. The molecule has 1 aromatic carbocycles. The molecule has 0 unspecified atom stereocenters. The Morgan fingerprint density at radius 2 is 1.97 bits per heavy atom. The van der Waals surface area contributed by atoms with E-state index < -0.39 is 0 Å². The number of carbonyl (C=O) groups excluding carboxylic acids is 1. The van der Waals surface area contributed by atoms with Crippen LogP contribution in [0.15, 0.2) is 61.2 Å². The van der Waals surface area contributed by atoms with Crippen LogP contribution in [0.25, 0.3) is 33.5 Å². The van der Waals surface area contributed by atoms with Crippen molar-refractivity contribution in [3.63, 3.8) is 0 Å². The number of fused-ring (bicyclic) bond motifs is 1. The molecule has 8 nitrogen and oxygen atoms in total. The van der Waals surface area contributed by atoms with Crippen molar-refractivity contribution < 1.29 is 4.79 Å². The first-order valence-corrected chi connectivity index (χ1v) is 10.6. The van der Waals surface area contributed by atoms with E-state index in [1.54, 1.807) is 21.5 Å². The average molecular weight is 458 g/mol. The first-order chi connectivity index (χ1) is 15.9. The summed E-state index contributed by atoms with van der Waals surface area (Å²) in [6.07, 6.45) is 7.23. The number of nitrogen functional groups attached to an aromatic ring is 1. The number of aryl methyl sites for hydroxylation is 2. The third kappa shape index (κ3) is 3.96. The SMILES string of the molecule is Cc1ccn(CC(=O)c2nc(-c3cc(Cl)c4ncccc4c3)c(-c3ccn(C)n3)nc2N)c1. The van der Waals surface area contributed by atoms with E-state index in [1.165, 1.54) is 0 Å². The number of rotatable bonds is 5. The maximum absolute atomic E-state index is 13.1. The largest absolute Gasteiger partial charge is 0.382 e. The molecule has 0 aliphatic carbocycles. The molecular weight excluding hydrogens is 438 g/mol. The smallest absolute Gasteiger partial charge is 0.204 e. The van der Waals surface area contributed by atoms with E-state index in [4.69, 9.17) is 22.3 Å². The highest BCUT2D eigenvalue weighted by molar-refractivity contribution is 6.35. The average Bonchev–Trinajstić information content (AvgIpc) is 3.41. The Kier molecular flexibility index (Phi) is 5.14. The van der Waals surface area contributed by atoms with Crippen LogP contribution in [0.5, 0.6) is 0 Å². The lowest BCUT2D eigenvalue weighted by atomic mass is 10.0. The van der Waals surface area contributed by atoms with Crippen LogP contribution in [0.1, 0.15) is 16.1 Å². The van der Waals surface area contributed by atoms with Crippen LogP contribution in [-0.4, -0.2) is 35.1 Å². The lowest BCUT2D eigenvalue weighted by Crippen LogP contribution is -2.15. The number of hydrogen-bond donors (Lipinski definition) is 1. The van der Waals surface area contributed by atoms with Crippen LogP contribution >= 0.6 is 11.6 Å². The van der Waals surface area contributed by atoms with Gasteiger partial charge in [-0.25, -0.2) is 9.97 Å². The topological polar surface area (TPSA) is 105 Å². The van der Waals surface area contributed by atoms with E-state index in [2.05, 4.69) is 15.1 Å². The zero-order valence-electron chi connectivity index (χ0n) is 18.0. The zero-order valence-corrected chi connectivity index (χ0v) is 18.8. The van der Waals surface area contributed by atoms with E-state index >= 15 is 0 Å². The molecule has 0 saturated heterocycles. The summed E-state index contributed by atoms with van der Waals surface area (Å²) in [5.41, 5.74) is 10.3. The second-order valence-electron chi connectivity index (χ2n) is 7.85. The number of Topliss-reactive ketones (excluding diaryl/α,β-unsaturated/α-hetero) is 1. The number of aromatic nitrogens is 6. The maximum Gasteiger partial charge on any atom is 0.204 e. The summed E-state index contributed by atoms with van der Waals surface area (Å²) in [7, 11) is 1.81. The van der Waals surface area contributed by atoms with Gasteiger partial charge in [0, 0.05) is 42.8 Å². The van der Waals surface area contributed by atoms with Crippen molar-refractivity contribution in [2.24, 2.45) is 7.05 Å². The summed E-state index contributed by atoms with van der Waals surface area (Å²) in [4.78, 5) is 26.7. The van der Waals surface area contributed by atoms with Gasteiger partial charge in [-0.15, -0.1) is 0 Å². The van der Waals surface area contributed by atoms with Crippen molar-refractivity contribution in [3.05, 3.63) is 77.5 Å². The van der Waals surface area contributed by atoms with Gasteiger partial charge in [-0.1, -0.05) is 17.7 Å². The molecule has 164 valence electrons. The summed E-state index contributed by atoms with van der Waals surface area (Å²) in [5.74, 6) is -0.181. The van der Waals surface area contributed by atoms with E-state index in [0.717, 1.165) is 10.9 Å². The van der Waals surface area contributed by atoms with Crippen LogP contribution in [0, 0.1) is 6.92 Å². The minimum atomic E-state index is -0.238. The molecule has 0 radical (unpaired) electrons. The van der Waals surface area contributed by atoms with Gasteiger partial charge in [-0.2, -0.15) is 5.10 Å². The number of nitrogens with zero attached hydrogens (tertiary/aromatic N) is 6. The Labute approximate surface area is 194 Å². The summed E-state index contributed by atoms with van der Waals surface area (Å²) in [6.45, 7) is 2.07. The Balaban J connectivity index is 1.69. The molecule has 33 heavy (non-hydrogen) atoms.